The molecule has 2 amide bonds. The lowest BCUT2D eigenvalue weighted by Gasteiger charge is -2.25. The molecule has 0 bridgehead atoms. The van der Waals surface area contributed by atoms with Gasteiger partial charge in [0.15, 0.2) is 0 Å². The van der Waals surface area contributed by atoms with Gasteiger partial charge in [0.1, 0.15) is 5.69 Å². The van der Waals surface area contributed by atoms with Crippen LogP contribution in [-0.4, -0.2) is 40.8 Å². The van der Waals surface area contributed by atoms with Gasteiger partial charge < -0.3 is 5.32 Å². The molecule has 1 atom stereocenters. The van der Waals surface area contributed by atoms with Gasteiger partial charge in [0, 0.05) is 18.8 Å². The predicted octanol–water partition coefficient (Wildman–Crippen LogP) is 1.21. The molecular formula is C14H17N3O2. The highest BCUT2D eigenvalue weighted by atomic mass is 16.2. The summed E-state index contributed by atoms with van der Waals surface area (Å²) in [6.07, 6.45) is 5.94. The van der Waals surface area contributed by atoms with Gasteiger partial charge in [0.25, 0.3) is 11.8 Å². The van der Waals surface area contributed by atoms with E-state index in [-0.39, 0.29) is 11.8 Å². The molecule has 100 valence electrons. The van der Waals surface area contributed by atoms with Crippen molar-refractivity contribution in [2.75, 3.05) is 13.1 Å². The zero-order valence-corrected chi connectivity index (χ0v) is 10.8. The molecule has 5 nitrogen and oxygen atoms in total. The van der Waals surface area contributed by atoms with E-state index in [1.807, 2.05) is 0 Å². The second kappa shape index (κ2) is 5.09. The van der Waals surface area contributed by atoms with Crippen LogP contribution in [0.3, 0.4) is 0 Å². The lowest BCUT2D eigenvalue weighted by Crippen LogP contribution is -2.39. The summed E-state index contributed by atoms with van der Waals surface area (Å²) in [4.78, 5) is 29.6. The van der Waals surface area contributed by atoms with Gasteiger partial charge in [-0.1, -0.05) is 6.42 Å². The molecule has 1 saturated heterocycles. The maximum absolute atomic E-state index is 12.1. The normalized spacial score (nSPS) is 22.7. The number of aromatic nitrogens is 1. The van der Waals surface area contributed by atoms with Gasteiger partial charge in [-0.3, -0.25) is 19.5 Å². The number of rotatable bonds is 3. The third-order valence-electron chi connectivity index (χ3n) is 3.84. The zero-order chi connectivity index (χ0) is 13.2. The van der Waals surface area contributed by atoms with E-state index in [1.54, 1.807) is 18.3 Å². The Bertz CT molecular complexity index is 474. The summed E-state index contributed by atoms with van der Waals surface area (Å²) >= 11 is 0. The molecule has 5 heteroatoms. The minimum Gasteiger partial charge on any atom is -0.314 e. The van der Waals surface area contributed by atoms with E-state index in [4.69, 9.17) is 0 Å². The van der Waals surface area contributed by atoms with Crippen LogP contribution in [0, 0.1) is 0 Å². The standard InChI is InChI=1S/C14H17N3O2/c18-13-11-5-3-8-16-12(11)14(19)17(13)9-6-10-4-1-2-7-15-10/h3,5,8,10,15H,1-2,4,6-7,9H2. The molecule has 2 aliphatic heterocycles. The Labute approximate surface area is 112 Å². The van der Waals surface area contributed by atoms with Crippen LogP contribution in [0.2, 0.25) is 0 Å². The summed E-state index contributed by atoms with van der Waals surface area (Å²) in [5.74, 6) is -0.458. The molecule has 1 aromatic heterocycles. The summed E-state index contributed by atoms with van der Waals surface area (Å²) in [5, 5.41) is 3.43. The molecule has 0 saturated carbocycles. The number of hydrogen-bond donors (Lipinski definition) is 1. The number of pyridine rings is 1. The maximum atomic E-state index is 12.1. The van der Waals surface area contributed by atoms with E-state index in [2.05, 4.69) is 10.3 Å². The molecule has 2 aliphatic rings. The molecule has 0 aliphatic carbocycles. The summed E-state index contributed by atoms with van der Waals surface area (Å²) in [6.45, 7) is 1.51. The second-order valence-electron chi connectivity index (χ2n) is 5.10. The number of amides is 2. The number of hydrogen-bond acceptors (Lipinski definition) is 4. The van der Waals surface area contributed by atoms with Gasteiger partial charge in [0.2, 0.25) is 0 Å². The molecule has 1 fully saturated rings. The number of piperidine rings is 1. The van der Waals surface area contributed by atoms with Crippen molar-refractivity contribution in [2.45, 2.75) is 31.7 Å². The van der Waals surface area contributed by atoms with Crippen LogP contribution in [-0.2, 0) is 0 Å². The van der Waals surface area contributed by atoms with Crippen LogP contribution in [0.15, 0.2) is 18.3 Å². The van der Waals surface area contributed by atoms with E-state index in [0.717, 1.165) is 19.4 Å². The molecular weight excluding hydrogens is 242 g/mol. The highest BCUT2D eigenvalue weighted by Crippen LogP contribution is 2.21. The second-order valence-corrected chi connectivity index (χ2v) is 5.10. The topological polar surface area (TPSA) is 62.3 Å². The first-order valence-electron chi connectivity index (χ1n) is 6.82. The van der Waals surface area contributed by atoms with Crippen molar-refractivity contribution < 1.29 is 9.59 Å². The number of carbonyl (C=O) groups excluding carboxylic acids is 2. The Morgan fingerprint density at radius 3 is 2.95 bits per heavy atom. The monoisotopic (exact) mass is 259 g/mol. The summed E-state index contributed by atoms with van der Waals surface area (Å²) in [7, 11) is 0. The molecule has 1 unspecified atom stereocenters. The van der Waals surface area contributed by atoms with Gasteiger partial charge in [-0.25, -0.2) is 0 Å². The van der Waals surface area contributed by atoms with Crippen molar-refractivity contribution >= 4 is 11.8 Å². The van der Waals surface area contributed by atoms with Crippen LogP contribution in [0.25, 0.3) is 0 Å². The minimum absolute atomic E-state index is 0.205. The van der Waals surface area contributed by atoms with Crippen molar-refractivity contribution in [2.24, 2.45) is 0 Å². The van der Waals surface area contributed by atoms with Crippen LogP contribution in [0.5, 0.6) is 0 Å². The third-order valence-corrected chi connectivity index (χ3v) is 3.84. The Morgan fingerprint density at radius 1 is 1.32 bits per heavy atom. The molecule has 1 aromatic rings. The quantitative estimate of drug-likeness (QED) is 0.829. The van der Waals surface area contributed by atoms with E-state index < -0.39 is 0 Å². The van der Waals surface area contributed by atoms with Crippen molar-refractivity contribution in [1.29, 1.82) is 0 Å². The zero-order valence-electron chi connectivity index (χ0n) is 10.8. The number of nitrogens with one attached hydrogen (secondary N) is 1. The highest BCUT2D eigenvalue weighted by Gasteiger charge is 2.36. The average molecular weight is 259 g/mol. The van der Waals surface area contributed by atoms with Crippen LogP contribution in [0.4, 0.5) is 0 Å². The highest BCUT2D eigenvalue weighted by molar-refractivity contribution is 6.20. The third kappa shape index (κ3) is 2.26. The van der Waals surface area contributed by atoms with Gasteiger partial charge in [-0.15, -0.1) is 0 Å². The Balaban J connectivity index is 1.67. The number of imide groups is 1. The average Bonchev–Trinajstić information content (AvgIpc) is 2.71. The fraction of sp³-hybridized carbons (Fsp3) is 0.500. The minimum atomic E-state index is -0.253. The van der Waals surface area contributed by atoms with E-state index in [1.165, 1.54) is 17.7 Å². The lowest BCUT2D eigenvalue weighted by atomic mass is 10.0. The predicted molar refractivity (Wildman–Crippen MR) is 69.9 cm³/mol. The van der Waals surface area contributed by atoms with Gasteiger partial charge in [0.05, 0.1) is 5.56 Å². The first-order chi connectivity index (χ1) is 9.27. The van der Waals surface area contributed by atoms with Crippen molar-refractivity contribution in [1.82, 2.24) is 15.2 Å². The molecule has 0 spiro atoms. The van der Waals surface area contributed by atoms with Crippen LogP contribution in [0.1, 0.15) is 46.5 Å². The van der Waals surface area contributed by atoms with Gasteiger partial charge in [-0.05, 0) is 37.9 Å². The summed E-state index contributed by atoms with van der Waals surface area (Å²) in [5.41, 5.74) is 0.730. The summed E-state index contributed by atoms with van der Waals surface area (Å²) < 4.78 is 0. The Morgan fingerprint density at radius 2 is 2.21 bits per heavy atom. The molecule has 0 radical (unpaired) electrons. The van der Waals surface area contributed by atoms with Crippen LogP contribution >= 0.6 is 0 Å². The van der Waals surface area contributed by atoms with Crippen molar-refractivity contribution in [3.8, 4) is 0 Å². The van der Waals surface area contributed by atoms with Gasteiger partial charge in [-0.2, -0.15) is 0 Å². The number of fused-ring (bicyclic) bond motifs is 1. The lowest BCUT2D eigenvalue weighted by molar-refractivity contribution is 0.0645. The first-order valence-corrected chi connectivity index (χ1v) is 6.82. The fourth-order valence-electron chi connectivity index (χ4n) is 2.77. The molecule has 19 heavy (non-hydrogen) atoms. The Hall–Kier alpha value is -1.75. The summed E-state index contributed by atoms with van der Waals surface area (Å²) in [6, 6.07) is 3.78. The smallest absolute Gasteiger partial charge is 0.280 e. The first kappa shape index (κ1) is 12.3. The molecule has 3 rings (SSSR count). The van der Waals surface area contributed by atoms with Crippen LogP contribution < -0.4 is 5.32 Å². The fourth-order valence-corrected chi connectivity index (χ4v) is 2.77. The van der Waals surface area contributed by atoms with E-state index in [9.17, 15) is 9.59 Å². The maximum Gasteiger partial charge on any atom is 0.280 e. The molecule has 0 aromatic carbocycles. The molecule has 1 N–H and O–H groups in total. The van der Waals surface area contributed by atoms with Crippen molar-refractivity contribution in [3.05, 3.63) is 29.6 Å². The SMILES string of the molecule is O=C1c2cccnc2C(=O)N1CCC1CCCCN1. The Kier molecular flexibility index (Phi) is 3.29. The van der Waals surface area contributed by atoms with Crippen molar-refractivity contribution in [3.63, 3.8) is 0 Å². The van der Waals surface area contributed by atoms with Gasteiger partial charge >= 0.3 is 0 Å². The largest absolute Gasteiger partial charge is 0.314 e. The number of nitrogens with zero attached hydrogens (tertiary/aromatic N) is 2. The van der Waals surface area contributed by atoms with E-state index >= 15 is 0 Å². The number of carbonyl (C=O) groups is 2. The van der Waals surface area contributed by atoms with E-state index in [0.29, 0.717) is 23.8 Å². The molecule has 3 heterocycles.